The normalized spacial score (nSPS) is 16.2. The molecule has 1 N–H and O–H groups in total. The molecule has 4 heterocycles. The highest BCUT2D eigenvalue weighted by Crippen LogP contribution is 2.21. The maximum atomic E-state index is 12.2. The van der Waals surface area contributed by atoms with Gasteiger partial charge in [-0.1, -0.05) is 5.16 Å². The molecule has 0 spiro atoms. The largest absolute Gasteiger partial charge is 0.350 e. The Labute approximate surface area is 142 Å². The Morgan fingerprint density at radius 1 is 1.25 bits per heavy atom. The van der Waals surface area contributed by atoms with Crippen molar-refractivity contribution in [3.8, 4) is 0 Å². The molecule has 3 aromatic heterocycles. The van der Waals surface area contributed by atoms with Gasteiger partial charge in [0.15, 0.2) is 5.82 Å². The molecular formula is C15H18N6O2S. The molecule has 0 bridgehead atoms. The molecule has 24 heavy (non-hydrogen) atoms. The van der Waals surface area contributed by atoms with Crippen molar-refractivity contribution >= 4 is 27.4 Å². The van der Waals surface area contributed by atoms with E-state index in [9.17, 15) is 4.79 Å². The Balaban J connectivity index is 1.45. The van der Waals surface area contributed by atoms with E-state index >= 15 is 0 Å². The number of hydrogen-bond acceptors (Lipinski definition) is 8. The maximum absolute atomic E-state index is 12.2. The van der Waals surface area contributed by atoms with Gasteiger partial charge in [0.25, 0.3) is 5.56 Å². The maximum Gasteiger partial charge on any atom is 0.259 e. The van der Waals surface area contributed by atoms with Crippen LogP contribution in [0, 0.1) is 13.8 Å². The quantitative estimate of drug-likeness (QED) is 0.764. The predicted molar refractivity (Wildman–Crippen MR) is 91.5 cm³/mol. The minimum absolute atomic E-state index is 0.0534. The lowest BCUT2D eigenvalue weighted by Crippen LogP contribution is -2.46. The van der Waals surface area contributed by atoms with E-state index in [2.05, 4.69) is 30.1 Å². The highest BCUT2D eigenvalue weighted by Gasteiger charge is 2.22. The lowest BCUT2D eigenvalue weighted by Gasteiger charge is -2.34. The summed E-state index contributed by atoms with van der Waals surface area (Å²) in [6, 6.07) is 1.89. The van der Waals surface area contributed by atoms with E-state index in [1.807, 2.05) is 19.9 Å². The van der Waals surface area contributed by atoms with E-state index in [1.165, 1.54) is 0 Å². The highest BCUT2D eigenvalue weighted by atomic mass is 32.1. The Hall–Kier alpha value is -2.26. The molecule has 9 heteroatoms. The first kappa shape index (κ1) is 15.3. The van der Waals surface area contributed by atoms with Crippen molar-refractivity contribution in [1.29, 1.82) is 0 Å². The number of nitrogens with one attached hydrogen (secondary N) is 1. The smallest absolute Gasteiger partial charge is 0.259 e. The standard InChI is InChI=1S/C15H18N6O2S/c1-9-7-11-14(22)16-12(17-15(11)24-9)8-20-3-5-21(6-4-20)13-10(2)18-23-19-13/h7H,3-6,8H2,1-2H3,(H,16,17,22). The van der Waals surface area contributed by atoms with Crippen LogP contribution in [0.2, 0.25) is 0 Å². The molecule has 1 fully saturated rings. The molecule has 1 aliphatic heterocycles. The van der Waals surface area contributed by atoms with Crippen LogP contribution in [0.25, 0.3) is 10.2 Å². The Kier molecular flexibility index (Phi) is 3.81. The number of aryl methyl sites for hydroxylation is 2. The summed E-state index contributed by atoms with van der Waals surface area (Å²) >= 11 is 1.56. The van der Waals surface area contributed by atoms with Gasteiger partial charge in [-0.15, -0.1) is 11.3 Å². The predicted octanol–water partition coefficient (Wildman–Crippen LogP) is 1.31. The summed E-state index contributed by atoms with van der Waals surface area (Å²) in [4.78, 5) is 26.0. The van der Waals surface area contributed by atoms with Gasteiger partial charge in [0.05, 0.1) is 11.9 Å². The van der Waals surface area contributed by atoms with Gasteiger partial charge in [-0.05, 0) is 25.1 Å². The molecular weight excluding hydrogens is 328 g/mol. The van der Waals surface area contributed by atoms with Crippen LogP contribution in [0.4, 0.5) is 5.82 Å². The molecule has 3 aromatic rings. The number of hydrogen-bond donors (Lipinski definition) is 1. The molecule has 0 aromatic carbocycles. The number of thiophene rings is 1. The molecule has 1 aliphatic rings. The van der Waals surface area contributed by atoms with Crippen molar-refractivity contribution in [2.24, 2.45) is 0 Å². The van der Waals surface area contributed by atoms with Crippen LogP contribution >= 0.6 is 11.3 Å². The first-order chi connectivity index (χ1) is 11.6. The molecule has 0 saturated carbocycles. The van der Waals surface area contributed by atoms with Crippen molar-refractivity contribution < 1.29 is 4.63 Å². The number of rotatable bonds is 3. The number of piperazine rings is 1. The molecule has 0 radical (unpaired) electrons. The molecule has 0 atom stereocenters. The number of aromatic nitrogens is 4. The van der Waals surface area contributed by atoms with Gasteiger partial charge in [0.2, 0.25) is 0 Å². The third-order valence-electron chi connectivity index (χ3n) is 4.25. The average molecular weight is 346 g/mol. The van der Waals surface area contributed by atoms with Gasteiger partial charge in [0, 0.05) is 31.1 Å². The molecule has 0 aliphatic carbocycles. The Bertz CT molecular complexity index is 922. The summed E-state index contributed by atoms with van der Waals surface area (Å²) in [6.07, 6.45) is 0. The van der Waals surface area contributed by atoms with Gasteiger partial charge in [-0.2, -0.15) is 0 Å². The van der Waals surface area contributed by atoms with E-state index in [0.29, 0.717) is 11.9 Å². The van der Waals surface area contributed by atoms with Crippen molar-refractivity contribution in [2.75, 3.05) is 31.1 Å². The molecule has 126 valence electrons. The van der Waals surface area contributed by atoms with E-state index in [0.717, 1.165) is 53.2 Å². The topological polar surface area (TPSA) is 91.2 Å². The van der Waals surface area contributed by atoms with Gasteiger partial charge < -0.3 is 9.88 Å². The molecule has 0 unspecified atom stereocenters. The van der Waals surface area contributed by atoms with Crippen LogP contribution in [0.1, 0.15) is 16.4 Å². The van der Waals surface area contributed by atoms with Crippen molar-refractivity contribution in [1.82, 2.24) is 25.2 Å². The minimum atomic E-state index is -0.0534. The number of aromatic amines is 1. The van der Waals surface area contributed by atoms with Crippen LogP contribution in [0.5, 0.6) is 0 Å². The lowest BCUT2D eigenvalue weighted by molar-refractivity contribution is 0.241. The van der Waals surface area contributed by atoms with E-state index < -0.39 is 0 Å². The first-order valence-corrected chi connectivity index (χ1v) is 8.67. The molecule has 0 amide bonds. The Morgan fingerprint density at radius 3 is 2.75 bits per heavy atom. The average Bonchev–Trinajstić information content (AvgIpc) is 3.14. The zero-order valence-corrected chi connectivity index (χ0v) is 14.4. The molecule has 4 rings (SSSR count). The third-order valence-corrected chi connectivity index (χ3v) is 5.19. The second-order valence-corrected chi connectivity index (χ2v) is 7.26. The van der Waals surface area contributed by atoms with Crippen LogP contribution in [-0.4, -0.2) is 51.4 Å². The monoisotopic (exact) mass is 346 g/mol. The van der Waals surface area contributed by atoms with Crippen molar-refractivity contribution in [3.63, 3.8) is 0 Å². The van der Waals surface area contributed by atoms with E-state index in [4.69, 9.17) is 4.63 Å². The fraction of sp³-hybridized carbons (Fsp3) is 0.467. The fourth-order valence-electron chi connectivity index (χ4n) is 3.01. The summed E-state index contributed by atoms with van der Waals surface area (Å²) in [5.41, 5.74) is 0.759. The highest BCUT2D eigenvalue weighted by molar-refractivity contribution is 7.18. The van der Waals surface area contributed by atoms with E-state index in [1.54, 1.807) is 11.3 Å². The summed E-state index contributed by atoms with van der Waals surface area (Å²) in [5, 5.41) is 8.47. The number of H-pyrrole nitrogens is 1. The number of nitrogens with zero attached hydrogens (tertiary/aromatic N) is 5. The second kappa shape index (κ2) is 5.99. The van der Waals surface area contributed by atoms with Crippen molar-refractivity contribution in [2.45, 2.75) is 20.4 Å². The fourth-order valence-corrected chi connectivity index (χ4v) is 3.91. The molecule has 8 nitrogen and oxygen atoms in total. The van der Waals surface area contributed by atoms with Crippen molar-refractivity contribution in [3.05, 3.63) is 32.8 Å². The van der Waals surface area contributed by atoms with Crippen LogP contribution in [0.3, 0.4) is 0 Å². The SMILES string of the molecule is Cc1cc2c(=O)[nH]c(CN3CCN(c4nonc4C)CC3)nc2s1. The summed E-state index contributed by atoms with van der Waals surface area (Å²) < 4.78 is 4.77. The summed E-state index contributed by atoms with van der Waals surface area (Å²) in [7, 11) is 0. The third kappa shape index (κ3) is 2.80. The summed E-state index contributed by atoms with van der Waals surface area (Å²) in [6.45, 7) is 7.97. The van der Waals surface area contributed by atoms with Gasteiger partial charge in [-0.25, -0.2) is 9.61 Å². The van der Waals surface area contributed by atoms with Gasteiger partial charge >= 0.3 is 0 Å². The van der Waals surface area contributed by atoms with Crippen LogP contribution < -0.4 is 10.5 Å². The lowest BCUT2D eigenvalue weighted by atomic mass is 10.3. The first-order valence-electron chi connectivity index (χ1n) is 7.86. The number of fused-ring (bicyclic) bond motifs is 1. The second-order valence-electron chi connectivity index (χ2n) is 6.02. The van der Waals surface area contributed by atoms with E-state index in [-0.39, 0.29) is 5.56 Å². The van der Waals surface area contributed by atoms with Crippen LogP contribution in [-0.2, 0) is 6.54 Å². The Morgan fingerprint density at radius 2 is 2.04 bits per heavy atom. The zero-order valence-electron chi connectivity index (χ0n) is 13.6. The molecule has 1 saturated heterocycles. The summed E-state index contributed by atoms with van der Waals surface area (Å²) in [5.74, 6) is 1.54. The number of anilines is 1. The van der Waals surface area contributed by atoms with Gasteiger partial charge in [-0.3, -0.25) is 9.69 Å². The van der Waals surface area contributed by atoms with Crippen LogP contribution in [0.15, 0.2) is 15.5 Å². The minimum Gasteiger partial charge on any atom is -0.350 e. The zero-order chi connectivity index (χ0) is 16.7. The van der Waals surface area contributed by atoms with Gasteiger partial charge in [0.1, 0.15) is 16.3 Å².